The van der Waals surface area contributed by atoms with Crippen molar-refractivity contribution in [1.82, 2.24) is 56.2 Å². The molecule has 2 saturated carbocycles. The Morgan fingerprint density at radius 1 is 0.686 bits per heavy atom. The van der Waals surface area contributed by atoms with Crippen LogP contribution in [0, 0.1) is 5.92 Å². The number of rotatable bonds is 6. The third-order valence-corrected chi connectivity index (χ3v) is 16.4. The summed E-state index contributed by atoms with van der Waals surface area (Å²) in [6.07, 6.45) is 10.3. The third kappa shape index (κ3) is 9.21. The van der Waals surface area contributed by atoms with Gasteiger partial charge in [0.1, 0.15) is 35.7 Å². The number of H-pyrrole nitrogens is 2. The predicted molar refractivity (Wildman–Crippen MR) is 262 cm³/mol. The maximum atomic E-state index is 15.3. The average Bonchev–Trinajstić information content (AvgIpc) is 4.23. The predicted octanol–water partition coefficient (Wildman–Crippen LogP) is 2.83. The summed E-state index contributed by atoms with van der Waals surface area (Å²) in [6, 6.07) is 8.25. The quantitative estimate of drug-likeness (QED) is 0.152. The molecule has 70 heavy (non-hydrogen) atoms. The van der Waals surface area contributed by atoms with Crippen molar-refractivity contribution in [3.8, 4) is 0 Å². The summed E-state index contributed by atoms with van der Waals surface area (Å²) in [6.45, 7) is 4.22. The highest BCUT2D eigenvalue weighted by atomic mass is 16.2. The Kier molecular flexibility index (Phi) is 13.3. The van der Waals surface area contributed by atoms with Crippen LogP contribution in [-0.4, -0.2) is 159 Å². The minimum Gasteiger partial charge on any atom is -0.361 e. The number of amides is 8. The third-order valence-electron chi connectivity index (χ3n) is 16.4. The summed E-state index contributed by atoms with van der Waals surface area (Å²) in [5.41, 5.74) is 1.82. The van der Waals surface area contributed by atoms with Crippen molar-refractivity contribution in [2.24, 2.45) is 5.92 Å². The number of aromatic nitrogens is 2. The molecule has 10 rings (SSSR count). The van der Waals surface area contributed by atoms with Crippen molar-refractivity contribution < 1.29 is 33.6 Å². The molecule has 8 amide bonds. The van der Waals surface area contributed by atoms with Crippen molar-refractivity contribution in [2.75, 3.05) is 39.8 Å². The smallest absolute Gasteiger partial charge is 0.317 e. The summed E-state index contributed by atoms with van der Waals surface area (Å²) < 4.78 is 0. The molecule has 18 heteroatoms. The molecule has 8 atom stereocenters. The highest BCUT2D eigenvalue weighted by Gasteiger charge is 2.53. The molecular formula is C52H67N11O7. The Balaban J connectivity index is 1.04. The zero-order valence-corrected chi connectivity index (χ0v) is 40.3. The first-order chi connectivity index (χ1) is 33.9. The number of carbonyl (C=O) groups is 7. The molecule has 0 radical (unpaired) electrons. The van der Waals surface area contributed by atoms with E-state index in [9.17, 15) is 4.79 Å². The van der Waals surface area contributed by atoms with Crippen molar-refractivity contribution in [2.45, 2.75) is 138 Å². The van der Waals surface area contributed by atoms with E-state index in [2.05, 4.69) is 41.5 Å². The number of para-hydroxylation sites is 2. The van der Waals surface area contributed by atoms with Gasteiger partial charge < -0.3 is 56.2 Å². The van der Waals surface area contributed by atoms with Crippen LogP contribution >= 0.6 is 0 Å². The largest absolute Gasteiger partial charge is 0.361 e. The molecule has 2 aliphatic carbocycles. The van der Waals surface area contributed by atoms with Gasteiger partial charge in [-0.1, -0.05) is 62.1 Å². The normalized spacial score (nSPS) is 28.7. The lowest BCUT2D eigenvalue weighted by Gasteiger charge is -2.39. The number of benzene rings is 2. The number of fused-ring (bicyclic) bond motifs is 6. The molecule has 4 aliphatic heterocycles. The van der Waals surface area contributed by atoms with E-state index in [1.54, 1.807) is 22.9 Å². The van der Waals surface area contributed by atoms with Gasteiger partial charge in [-0.2, -0.15) is 0 Å². The van der Waals surface area contributed by atoms with E-state index in [0.717, 1.165) is 52.2 Å². The maximum absolute atomic E-state index is 15.3. The van der Waals surface area contributed by atoms with Gasteiger partial charge in [0.2, 0.25) is 35.4 Å². The van der Waals surface area contributed by atoms with Crippen LogP contribution < -0.4 is 26.6 Å². The molecule has 372 valence electrons. The number of hydrogen-bond acceptors (Lipinski definition) is 8. The lowest BCUT2D eigenvalue weighted by molar-refractivity contribution is -0.150. The molecule has 18 nitrogen and oxygen atoms in total. The number of piperazine rings is 1. The molecule has 1 unspecified atom stereocenters. The molecule has 1 spiro atoms. The fraction of sp³-hybridized carbons (Fsp3) is 0.558. The highest BCUT2D eigenvalue weighted by molar-refractivity contribution is 6.01. The molecule has 4 aromatic rings. The van der Waals surface area contributed by atoms with E-state index in [0.29, 0.717) is 77.5 Å². The Hall–Kier alpha value is -6.43. The minimum absolute atomic E-state index is 0.0253. The second kappa shape index (κ2) is 19.8. The van der Waals surface area contributed by atoms with Gasteiger partial charge in [-0.25, -0.2) is 4.79 Å². The fourth-order valence-electron chi connectivity index (χ4n) is 12.4. The maximum Gasteiger partial charge on any atom is 0.317 e. The van der Waals surface area contributed by atoms with Crippen molar-refractivity contribution in [3.05, 3.63) is 72.1 Å². The van der Waals surface area contributed by atoms with Gasteiger partial charge in [-0.05, 0) is 88.1 Å². The Morgan fingerprint density at radius 3 is 1.99 bits per heavy atom. The number of nitrogens with one attached hydrogen (secondary N) is 7. The fourth-order valence-corrected chi connectivity index (χ4v) is 12.4. The lowest BCUT2D eigenvalue weighted by atomic mass is 9.84. The van der Waals surface area contributed by atoms with Crippen LogP contribution in [0.5, 0.6) is 0 Å². The molecule has 4 saturated heterocycles. The van der Waals surface area contributed by atoms with Crippen LogP contribution in [0.4, 0.5) is 4.79 Å². The Morgan fingerprint density at radius 2 is 1.31 bits per heavy atom. The van der Waals surface area contributed by atoms with Gasteiger partial charge in [0.05, 0.1) is 6.04 Å². The van der Waals surface area contributed by atoms with Crippen LogP contribution in [0.25, 0.3) is 21.8 Å². The van der Waals surface area contributed by atoms with Crippen molar-refractivity contribution in [3.63, 3.8) is 0 Å². The van der Waals surface area contributed by atoms with E-state index in [-0.39, 0.29) is 43.3 Å². The molecule has 2 aromatic carbocycles. The molecule has 0 bridgehead atoms. The van der Waals surface area contributed by atoms with Crippen LogP contribution in [0.2, 0.25) is 0 Å². The number of nitrogens with zero attached hydrogens (tertiary/aromatic N) is 4. The van der Waals surface area contributed by atoms with Gasteiger partial charge in [0.15, 0.2) is 0 Å². The van der Waals surface area contributed by atoms with Crippen molar-refractivity contribution in [1.29, 1.82) is 0 Å². The summed E-state index contributed by atoms with van der Waals surface area (Å²) >= 11 is 0. The van der Waals surface area contributed by atoms with Crippen LogP contribution in [-0.2, 0) is 41.6 Å². The Bertz CT molecular complexity index is 2650. The van der Waals surface area contributed by atoms with E-state index >= 15 is 28.8 Å². The zero-order valence-electron chi connectivity index (χ0n) is 40.3. The van der Waals surface area contributed by atoms with Gasteiger partial charge >= 0.3 is 6.03 Å². The number of urea groups is 1. The number of carbonyl (C=O) groups excluding carboxylic acids is 7. The summed E-state index contributed by atoms with van der Waals surface area (Å²) in [4.78, 5) is 118. The van der Waals surface area contributed by atoms with Crippen LogP contribution in [0.15, 0.2) is 60.9 Å². The first-order valence-electron chi connectivity index (χ1n) is 25.6. The Labute approximate surface area is 407 Å². The average molecular weight is 958 g/mol. The standard InChI is InChI=1S/C52H67N11O7/c1-31(55-51(70)61-24-22-60(2)23-25-61)44-49(68)62-21-11-18-42(62)48(67)63-41-17-8-3-12-32(41)28-43(63)47(66)56-40(27-34-30-54-38-16-7-5-14-36(34)38)46(65)59-52(19-9-10-20-52)50(69)57-39(45(64)58-44)26-33-29-53-37-15-6-4-13-35(33)37/h4-7,13-16,29-32,39-44,53-54H,3,8-12,17-28H2,1-2H3,(H,55,70)(H,56,66)(H,57,69)(H,58,64)(H,59,65)/t31?,32-,39-,40-,41-,42+,43-,44-/m0/s1. The molecular weight excluding hydrogens is 891 g/mol. The SMILES string of the molecule is CC(NC(=O)N1CCN(C)CC1)[C@@H]1NC(=O)[C@H](Cc2c[nH]c3ccccc23)NC(=O)C2(CCCC2)NC(=O)[C@H](Cc2c[nH]c3ccccc23)NC(=O)[C@@H]2C[C@@H]3CCCC[C@@H]3N2C(=O)[C@H]2CCCN2C1=O. The molecule has 6 aliphatic rings. The summed E-state index contributed by atoms with van der Waals surface area (Å²) in [5.74, 6) is -3.00. The molecule has 7 N–H and O–H groups in total. The minimum atomic E-state index is -1.43. The van der Waals surface area contributed by atoms with Gasteiger partial charge in [0, 0.05) is 85.8 Å². The molecule has 6 fully saturated rings. The monoisotopic (exact) mass is 958 g/mol. The topological polar surface area (TPSA) is 224 Å². The van der Waals surface area contributed by atoms with E-state index in [1.807, 2.05) is 61.8 Å². The lowest BCUT2D eigenvalue weighted by Crippen LogP contribution is -2.67. The van der Waals surface area contributed by atoms with Gasteiger partial charge in [-0.15, -0.1) is 0 Å². The van der Waals surface area contributed by atoms with Gasteiger partial charge in [0.25, 0.3) is 0 Å². The van der Waals surface area contributed by atoms with E-state index in [1.165, 1.54) is 4.90 Å². The number of aromatic amines is 2. The van der Waals surface area contributed by atoms with E-state index in [4.69, 9.17) is 0 Å². The van der Waals surface area contributed by atoms with Crippen LogP contribution in [0.1, 0.15) is 88.7 Å². The summed E-state index contributed by atoms with van der Waals surface area (Å²) in [5, 5.41) is 17.0. The van der Waals surface area contributed by atoms with Crippen LogP contribution in [0.3, 0.4) is 0 Å². The second-order valence-corrected chi connectivity index (χ2v) is 20.8. The highest BCUT2D eigenvalue weighted by Crippen LogP contribution is 2.41. The first-order valence-corrected chi connectivity index (χ1v) is 25.6. The second-order valence-electron chi connectivity index (χ2n) is 20.8. The van der Waals surface area contributed by atoms with E-state index < -0.39 is 71.3 Å². The molecule has 2 aromatic heterocycles. The molecule has 6 heterocycles. The zero-order chi connectivity index (χ0) is 48.7. The first kappa shape index (κ1) is 47.3. The summed E-state index contributed by atoms with van der Waals surface area (Å²) in [7, 11) is 1.99. The number of hydrogen-bond donors (Lipinski definition) is 7. The number of likely N-dealkylation sites (N-methyl/N-ethyl adjacent to an activating group) is 1. The van der Waals surface area contributed by atoms with Crippen molar-refractivity contribution >= 4 is 63.3 Å². The van der Waals surface area contributed by atoms with Gasteiger partial charge in [-0.3, -0.25) is 28.8 Å².